The molecule has 0 heterocycles. The van der Waals surface area contributed by atoms with Crippen LogP contribution in [0.5, 0.6) is 0 Å². The fraction of sp³-hybridized carbons (Fsp3) is 0. The molecule has 26 heavy (non-hydrogen) atoms. The van der Waals surface area contributed by atoms with Crippen molar-refractivity contribution in [2.75, 3.05) is 0 Å². The maximum absolute atomic E-state index is 11.8. The van der Waals surface area contributed by atoms with Crippen LogP contribution in [0.3, 0.4) is 0 Å². The second-order valence-corrected chi connectivity index (χ2v) is 6.65. The zero-order chi connectivity index (χ0) is 18.3. The van der Waals surface area contributed by atoms with E-state index in [1.165, 1.54) is 0 Å². The van der Waals surface area contributed by atoms with Crippen LogP contribution in [-0.4, -0.2) is 10.5 Å². The normalized spacial score (nSPS) is 11.0. The summed E-state index contributed by atoms with van der Waals surface area (Å²) in [4.78, 5) is 23.5. The Hall–Kier alpha value is -2.68. The van der Waals surface area contributed by atoms with Gasteiger partial charge in [0, 0.05) is 11.1 Å². The van der Waals surface area contributed by atoms with Gasteiger partial charge in [-0.05, 0) is 68.0 Å². The van der Waals surface area contributed by atoms with Gasteiger partial charge in [-0.25, -0.2) is 0 Å². The summed E-state index contributed by atoms with van der Waals surface area (Å²) in [7, 11) is 0. The van der Waals surface area contributed by atoms with Crippen molar-refractivity contribution < 1.29 is 9.59 Å². The largest absolute Gasteiger partial charge is 0.276 e. The molecule has 0 fully saturated rings. The van der Waals surface area contributed by atoms with Crippen LogP contribution >= 0.6 is 23.2 Å². The molecule has 0 aliphatic carbocycles. The van der Waals surface area contributed by atoms with Gasteiger partial charge in [0.15, 0.2) is 0 Å². The maximum Gasteiger partial charge on any atom is 0.253 e. The van der Waals surface area contributed by atoms with Crippen LogP contribution in [0.15, 0.2) is 72.8 Å². The van der Waals surface area contributed by atoms with Gasteiger partial charge < -0.3 is 0 Å². The molecule has 0 atom stereocenters. The Kier molecular flexibility index (Phi) is 4.23. The standard InChI is InChI=1S/C22H12Cl2O2/c23-21(25)19-11-9-17(13-5-1-3-7-15(13)19)18-10-12-20(22(24)26)16-8-4-2-6-14(16)18/h1-12H. The van der Waals surface area contributed by atoms with E-state index in [1.807, 2.05) is 60.7 Å². The van der Waals surface area contributed by atoms with Gasteiger partial charge in [0.25, 0.3) is 10.5 Å². The first-order valence-electron chi connectivity index (χ1n) is 8.01. The molecule has 126 valence electrons. The molecule has 0 aliphatic heterocycles. The highest BCUT2D eigenvalue weighted by Gasteiger charge is 2.15. The molecule has 0 unspecified atom stereocenters. The third kappa shape index (κ3) is 2.68. The number of hydrogen-bond donors (Lipinski definition) is 0. The summed E-state index contributed by atoms with van der Waals surface area (Å²) < 4.78 is 0. The molecular formula is C22H12Cl2O2. The molecule has 0 saturated heterocycles. The van der Waals surface area contributed by atoms with E-state index in [-0.39, 0.29) is 0 Å². The van der Waals surface area contributed by atoms with E-state index in [1.54, 1.807) is 12.1 Å². The Balaban J connectivity index is 2.09. The lowest BCUT2D eigenvalue weighted by molar-refractivity contribution is 0.107. The van der Waals surface area contributed by atoms with Crippen molar-refractivity contribution in [1.29, 1.82) is 0 Å². The molecule has 0 radical (unpaired) electrons. The van der Waals surface area contributed by atoms with Crippen LogP contribution < -0.4 is 0 Å². The van der Waals surface area contributed by atoms with Crippen LogP contribution in [-0.2, 0) is 0 Å². The molecule has 0 spiro atoms. The van der Waals surface area contributed by atoms with Crippen molar-refractivity contribution >= 4 is 55.2 Å². The van der Waals surface area contributed by atoms with Gasteiger partial charge in [0.05, 0.1) is 0 Å². The first-order valence-corrected chi connectivity index (χ1v) is 8.77. The third-order valence-corrected chi connectivity index (χ3v) is 4.97. The van der Waals surface area contributed by atoms with Gasteiger partial charge in [-0.15, -0.1) is 0 Å². The highest BCUT2D eigenvalue weighted by atomic mass is 35.5. The van der Waals surface area contributed by atoms with E-state index in [0.717, 1.165) is 32.7 Å². The molecule has 4 aromatic carbocycles. The average molecular weight is 379 g/mol. The molecule has 0 saturated carbocycles. The number of benzene rings is 4. The minimum Gasteiger partial charge on any atom is -0.276 e. The van der Waals surface area contributed by atoms with E-state index in [0.29, 0.717) is 11.1 Å². The molecule has 4 heteroatoms. The summed E-state index contributed by atoms with van der Waals surface area (Å²) in [6.45, 7) is 0. The Morgan fingerprint density at radius 1 is 0.500 bits per heavy atom. The summed E-state index contributed by atoms with van der Waals surface area (Å²) in [5.74, 6) is 0. The molecule has 0 aliphatic rings. The van der Waals surface area contributed by atoms with Crippen molar-refractivity contribution in [2.24, 2.45) is 0 Å². The average Bonchev–Trinajstić information content (AvgIpc) is 2.66. The maximum atomic E-state index is 11.8. The first kappa shape index (κ1) is 16.8. The summed E-state index contributed by atoms with van der Waals surface area (Å²) in [5.41, 5.74) is 2.88. The number of carbonyl (C=O) groups excluding carboxylic acids is 2. The molecule has 4 rings (SSSR count). The lowest BCUT2D eigenvalue weighted by Gasteiger charge is -2.13. The number of fused-ring (bicyclic) bond motifs is 2. The SMILES string of the molecule is O=C(Cl)c1ccc(-c2ccc(C(=O)Cl)c3ccccc23)c2ccccc12. The smallest absolute Gasteiger partial charge is 0.253 e. The molecule has 0 aromatic heterocycles. The van der Waals surface area contributed by atoms with Crippen LogP contribution in [0, 0.1) is 0 Å². The molecule has 0 bridgehead atoms. The number of carbonyl (C=O) groups is 2. The van der Waals surface area contributed by atoms with Gasteiger partial charge in [-0.2, -0.15) is 0 Å². The van der Waals surface area contributed by atoms with Crippen LogP contribution in [0.1, 0.15) is 20.7 Å². The van der Waals surface area contributed by atoms with E-state index < -0.39 is 10.5 Å². The monoisotopic (exact) mass is 378 g/mol. The van der Waals surface area contributed by atoms with Crippen molar-refractivity contribution in [3.8, 4) is 11.1 Å². The van der Waals surface area contributed by atoms with Gasteiger partial charge in [-0.3, -0.25) is 9.59 Å². The predicted octanol–water partition coefficient (Wildman–Crippen LogP) is 6.42. The highest BCUT2D eigenvalue weighted by Crippen LogP contribution is 2.36. The van der Waals surface area contributed by atoms with Crippen molar-refractivity contribution in [1.82, 2.24) is 0 Å². The van der Waals surface area contributed by atoms with Crippen molar-refractivity contribution in [2.45, 2.75) is 0 Å². The minimum atomic E-state index is -0.485. The van der Waals surface area contributed by atoms with Crippen LogP contribution in [0.2, 0.25) is 0 Å². The second kappa shape index (κ2) is 6.56. The van der Waals surface area contributed by atoms with E-state index in [4.69, 9.17) is 23.2 Å². The van der Waals surface area contributed by atoms with Crippen molar-refractivity contribution in [3.05, 3.63) is 83.9 Å². The van der Waals surface area contributed by atoms with Gasteiger partial charge >= 0.3 is 0 Å². The summed E-state index contributed by atoms with van der Waals surface area (Å²) in [6, 6.07) is 22.5. The fourth-order valence-electron chi connectivity index (χ4n) is 3.41. The predicted molar refractivity (Wildman–Crippen MR) is 107 cm³/mol. The van der Waals surface area contributed by atoms with Crippen LogP contribution in [0.25, 0.3) is 32.7 Å². The quantitative estimate of drug-likeness (QED) is 0.385. The number of hydrogen-bond acceptors (Lipinski definition) is 2. The molecular weight excluding hydrogens is 367 g/mol. The van der Waals surface area contributed by atoms with Gasteiger partial charge in [-0.1, -0.05) is 60.7 Å². The zero-order valence-corrected chi connectivity index (χ0v) is 15.0. The Labute approximate surface area is 160 Å². The third-order valence-electron chi connectivity index (χ3n) is 4.56. The summed E-state index contributed by atoms with van der Waals surface area (Å²) in [5, 5.41) is 2.47. The number of halogens is 2. The van der Waals surface area contributed by atoms with E-state index >= 15 is 0 Å². The number of rotatable bonds is 3. The summed E-state index contributed by atoms with van der Waals surface area (Å²) in [6.07, 6.45) is 0. The Bertz CT molecular complexity index is 1100. The zero-order valence-electron chi connectivity index (χ0n) is 13.5. The highest BCUT2D eigenvalue weighted by molar-refractivity contribution is 6.69. The second-order valence-electron chi connectivity index (χ2n) is 5.96. The molecule has 0 amide bonds. The summed E-state index contributed by atoms with van der Waals surface area (Å²) >= 11 is 11.5. The van der Waals surface area contributed by atoms with Gasteiger partial charge in [0.1, 0.15) is 0 Å². The topological polar surface area (TPSA) is 34.1 Å². The lowest BCUT2D eigenvalue weighted by atomic mass is 9.91. The minimum absolute atomic E-state index is 0.475. The Morgan fingerprint density at radius 2 is 0.846 bits per heavy atom. The Morgan fingerprint density at radius 3 is 1.19 bits per heavy atom. The van der Waals surface area contributed by atoms with Crippen LogP contribution in [0.4, 0.5) is 0 Å². The van der Waals surface area contributed by atoms with E-state index in [9.17, 15) is 9.59 Å². The molecule has 4 aromatic rings. The van der Waals surface area contributed by atoms with Crippen molar-refractivity contribution in [3.63, 3.8) is 0 Å². The fourth-order valence-corrected chi connectivity index (χ4v) is 3.74. The van der Waals surface area contributed by atoms with Gasteiger partial charge in [0.2, 0.25) is 0 Å². The first-order chi connectivity index (χ1) is 12.6. The lowest BCUT2D eigenvalue weighted by Crippen LogP contribution is -1.95. The molecule has 0 N–H and O–H groups in total. The molecule has 2 nitrogen and oxygen atoms in total. The van der Waals surface area contributed by atoms with E-state index in [2.05, 4.69) is 0 Å².